The number of rotatable bonds is 5. The van der Waals surface area contributed by atoms with Crippen molar-refractivity contribution < 1.29 is 9.53 Å². The lowest BCUT2D eigenvalue weighted by atomic mass is 10.3. The molecule has 3 heterocycles. The van der Waals surface area contributed by atoms with Crippen LogP contribution in [0.4, 0.5) is 5.95 Å². The van der Waals surface area contributed by atoms with Crippen LogP contribution in [0.25, 0.3) is 5.69 Å². The van der Waals surface area contributed by atoms with Gasteiger partial charge in [0.1, 0.15) is 5.75 Å². The number of anilines is 1. The van der Waals surface area contributed by atoms with E-state index in [1.807, 2.05) is 35.5 Å². The van der Waals surface area contributed by atoms with Crippen LogP contribution in [0, 0.1) is 0 Å². The molecule has 0 atom stereocenters. The number of imidazole rings is 1. The third-order valence-electron chi connectivity index (χ3n) is 5.43. The van der Waals surface area contributed by atoms with Crippen molar-refractivity contribution in [2.45, 2.75) is 12.8 Å². The summed E-state index contributed by atoms with van der Waals surface area (Å²) in [6, 6.07) is 7.99. The van der Waals surface area contributed by atoms with E-state index in [1.165, 1.54) is 0 Å². The number of methoxy groups -OCH3 is 1. The number of hydrogen-bond donors (Lipinski definition) is 0. The molecule has 7 nitrogen and oxygen atoms in total. The van der Waals surface area contributed by atoms with E-state index in [0.717, 1.165) is 69.5 Å². The van der Waals surface area contributed by atoms with E-state index in [2.05, 4.69) is 25.4 Å². The number of hydrogen-bond acceptors (Lipinski definition) is 5. The highest BCUT2D eigenvalue weighted by molar-refractivity contribution is 5.78. The van der Waals surface area contributed by atoms with Gasteiger partial charge in [0.2, 0.25) is 11.9 Å². The summed E-state index contributed by atoms with van der Waals surface area (Å²) in [6.45, 7) is 5.89. The third kappa shape index (κ3) is 3.93. The van der Waals surface area contributed by atoms with Crippen LogP contribution >= 0.6 is 0 Å². The van der Waals surface area contributed by atoms with E-state index in [9.17, 15) is 4.79 Å². The van der Waals surface area contributed by atoms with Gasteiger partial charge in [-0.1, -0.05) is 6.07 Å². The first-order chi connectivity index (χ1) is 13.2. The molecule has 2 aliphatic heterocycles. The van der Waals surface area contributed by atoms with E-state index >= 15 is 0 Å². The molecule has 1 amide bonds. The number of aromatic nitrogens is 2. The summed E-state index contributed by atoms with van der Waals surface area (Å²) in [6.07, 6.45) is 6.10. The van der Waals surface area contributed by atoms with Gasteiger partial charge in [0.15, 0.2) is 0 Å². The van der Waals surface area contributed by atoms with Crippen molar-refractivity contribution in [1.82, 2.24) is 19.4 Å². The standard InChI is InChI=1S/C20H27N5O2/c1-27-18-6-4-5-17(15-18)25-10-7-21-20(25)24-13-11-22(12-14-24)16-19(26)23-8-2-3-9-23/h4-7,10,15H,2-3,8-9,11-14,16H2,1H3. The van der Waals surface area contributed by atoms with E-state index in [1.54, 1.807) is 7.11 Å². The lowest BCUT2D eigenvalue weighted by molar-refractivity contribution is -0.131. The van der Waals surface area contributed by atoms with E-state index < -0.39 is 0 Å². The van der Waals surface area contributed by atoms with Gasteiger partial charge < -0.3 is 14.5 Å². The van der Waals surface area contributed by atoms with Crippen molar-refractivity contribution in [2.75, 3.05) is 57.8 Å². The first-order valence-corrected chi connectivity index (χ1v) is 9.67. The largest absolute Gasteiger partial charge is 0.497 e. The Morgan fingerprint density at radius 3 is 2.63 bits per heavy atom. The monoisotopic (exact) mass is 369 g/mol. The van der Waals surface area contributed by atoms with Crippen LogP contribution in [0.3, 0.4) is 0 Å². The fourth-order valence-corrected chi connectivity index (χ4v) is 3.86. The summed E-state index contributed by atoms with van der Waals surface area (Å²) in [5, 5.41) is 0. The van der Waals surface area contributed by atoms with Gasteiger partial charge in [0, 0.05) is 57.7 Å². The molecule has 7 heteroatoms. The number of carbonyl (C=O) groups excluding carboxylic acids is 1. The van der Waals surface area contributed by atoms with Crippen molar-refractivity contribution in [2.24, 2.45) is 0 Å². The van der Waals surface area contributed by atoms with Gasteiger partial charge in [-0.2, -0.15) is 0 Å². The van der Waals surface area contributed by atoms with E-state index in [4.69, 9.17) is 4.74 Å². The van der Waals surface area contributed by atoms with Crippen molar-refractivity contribution in [3.05, 3.63) is 36.7 Å². The Morgan fingerprint density at radius 2 is 1.89 bits per heavy atom. The van der Waals surface area contributed by atoms with Crippen LogP contribution in [0.15, 0.2) is 36.7 Å². The van der Waals surface area contributed by atoms with Crippen LogP contribution in [0.2, 0.25) is 0 Å². The molecule has 0 unspecified atom stereocenters. The molecule has 0 aliphatic carbocycles. The summed E-state index contributed by atoms with van der Waals surface area (Å²) in [5.74, 6) is 2.05. The van der Waals surface area contributed by atoms with Gasteiger partial charge in [-0.05, 0) is 25.0 Å². The highest BCUT2D eigenvalue weighted by Gasteiger charge is 2.25. The van der Waals surface area contributed by atoms with Gasteiger partial charge in [-0.25, -0.2) is 4.98 Å². The van der Waals surface area contributed by atoms with Crippen LogP contribution < -0.4 is 9.64 Å². The maximum Gasteiger partial charge on any atom is 0.236 e. The topological polar surface area (TPSA) is 53.8 Å². The molecule has 4 rings (SSSR count). The van der Waals surface area contributed by atoms with Gasteiger partial charge >= 0.3 is 0 Å². The number of likely N-dealkylation sites (tertiary alicyclic amines) is 1. The van der Waals surface area contributed by atoms with Gasteiger partial charge in [0.25, 0.3) is 0 Å². The summed E-state index contributed by atoms with van der Waals surface area (Å²) in [5.41, 5.74) is 1.04. The number of ether oxygens (including phenoxy) is 1. The van der Waals surface area contributed by atoms with Crippen molar-refractivity contribution in [3.63, 3.8) is 0 Å². The molecule has 2 saturated heterocycles. The van der Waals surface area contributed by atoms with Crippen LogP contribution in [-0.2, 0) is 4.79 Å². The van der Waals surface area contributed by atoms with Crippen molar-refractivity contribution >= 4 is 11.9 Å². The summed E-state index contributed by atoms with van der Waals surface area (Å²) >= 11 is 0. The SMILES string of the molecule is COc1cccc(-n2ccnc2N2CCN(CC(=O)N3CCCC3)CC2)c1. The molecule has 144 valence electrons. The van der Waals surface area contributed by atoms with Crippen LogP contribution in [0.5, 0.6) is 5.75 Å². The molecular weight excluding hydrogens is 342 g/mol. The van der Waals surface area contributed by atoms with Crippen molar-refractivity contribution in [3.8, 4) is 11.4 Å². The minimum Gasteiger partial charge on any atom is -0.497 e. The third-order valence-corrected chi connectivity index (χ3v) is 5.43. The predicted octanol–water partition coefficient (Wildman–Crippen LogP) is 1.63. The number of benzene rings is 1. The van der Waals surface area contributed by atoms with E-state index in [-0.39, 0.29) is 5.91 Å². The van der Waals surface area contributed by atoms with Gasteiger partial charge in [-0.3, -0.25) is 14.3 Å². The molecule has 1 aromatic heterocycles. The summed E-state index contributed by atoms with van der Waals surface area (Å²) in [7, 11) is 1.68. The second-order valence-corrected chi connectivity index (χ2v) is 7.15. The fraction of sp³-hybridized carbons (Fsp3) is 0.500. The average molecular weight is 369 g/mol. The van der Waals surface area contributed by atoms with Gasteiger partial charge in [0.05, 0.1) is 19.3 Å². The smallest absolute Gasteiger partial charge is 0.236 e. The Morgan fingerprint density at radius 1 is 1.11 bits per heavy atom. The second kappa shape index (κ2) is 8.00. The second-order valence-electron chi connectivity index (χ2n) is 7.15. The molecule has 0 spiro atoms. The summed E-state index contributed by atoms with van der Waals surface area (Å²) < 4.78 is 7.43. The Bertz CT molecular complexity index is 776. The Balaban J connectivity index is 1.39. The minimum absolute atomic E-state index is 0.277. The molecule has 2 fully saturated rings. The molecule has 1 aromatic carbocycles. The number of piperazine rings is 1. The van der Waals surface area contributed by atoms with Crippen molar-refractivity contribution in [1.29, 1.82) is 0 Å². The maximum absolute atomic E-state index is 12.4. The number of carbonyl (C=O) groups is 1. The lowest BCUT2D eigenvalue weighted by Crippen LogP contribution is -2.50. The predicted molar refractivity (Wildman–Crippen MR) is 105 cm³/mol. The molecule has 0 N–H and O–H groups in total. The maximum atomic E-state index is 12.4. The Labute approximate surface area is 160 Å². The number of nitrogens with zero attached hydrogens (tertiary/aromatic N) is 5. The minimum atomic E-state index is 0.277. The molecule has 2 aliphatic rings. The molecule has 0 radical (unpaired) electrons. The normalized spacial score (nSPS) is 18.1. The molecule has 0 saturated carbocycles. The zero-order chi connectivity index (χ0) is 18.6. The van der Waals surface area contributed by atoms with Gasteiger partial charge in [-0.15, -0.1) is 0 Å². The van der Waals surface area contributed by atoms with E-state index in [0.29, 0.717) is 6.54 Å². The van der Waals surface area contributed by atoms with Crippen LogP contribution in [0.1, 0.15) is 12.8 Å². The average Bonchev–Trinajstić information content (AvgIpc) is 3.41. The zero-order valence-corrected chi connectivity index (χ0v) is 15.9. The molecule has 0 bridgehead atoms. The first-order valence-electron chi connectivity index (χ1n) is 9.67. The quantitative estimate of drug-likeness (QED) is 0.802. The summed E-state index contributed by atoms with van der Waals surface area (Å²) in [4.78, 5) is 23.5. The van der Waals surface area contributed by atoms with Crippen LogP contribution in [-0.4, -0.2) is 78.2 Å². The molecule has 27 heavy (non-hydrogen) atoms. The number of amides is 1. The molecular formula is C20H27N5O2. The molecule has 2 aromatic rings. The fourth-order valence-electron chi connectivity index (χ4n) is 3.86. The zero-order valence-electron chi connectivity index (χ0n) is 15.9. The first kappa shape index (κ1) is 17.9. The highest BCUT2D eigenvalue weighted by atomic mass is 16.5. The Hall–Kier alpha value is -2.54. The highest BCUT2D eigenvalue weighted by Crippen LogP contribution is 2.23. The lowest BCUT2D eigenvalue weighted by Gasteiger charge is -2.35. The Kier molecular flexibility index (Phi) is 5.29.